The van der Waals surface area contributed by atoms with Crippen LogP contribution < -0.4 is 0 Å². The molecular weight excluding hydrogens is 268 g/mol. The summed E-state index contributed by atoms with van der Waals surface area (Å²) in [7, 11) is -1.80. The molecule has 1 unspecified atom stereocenters. The van der Waals surface area contributed by atoms with Crippen LogP contribution in [0.3, 0.4) is 0 Å². The van der Waals surface area contributed by atoms with Gasteiger partial charge in [0.15, 0.2) is 5.03 Å². The molecule has 1 fully saturated rings. The Kier molecular flexibility index (Phi) is 3.64. The van der Waals surface area contributed by atoms with Crippen molar-refractivity contribution in [3.8, 4) is 0 Å². The van der Waals surface area contributed by atoms with Gasteiger partial charge in [-0.1, -0.05) is 12.1 Å². The second kappa shape index (κ2) is 4.93. The molecule has 2 heterocycles. The average Bonchev–Trinajstić information content (AvgIpc) is 2.70. The number of hydrogen-bond acceptors (Lipinski definition) is 5. The van der Waals surface area contributed by atoms with Crippen molar-refractivity contribution in [3.05, 3.63) is 12.0 Å². The first-order chi connectivity index (χ1) is 8.86. The third kappa shape index (κ3) is 2.50. The number of oxime groups is 1. The summed E-state index contributed by atoms with van der Waals surface area (Å²) < 4.78 is 28.0. The molecule has 19 heavy (non-hydrogen) atoms. The number of piperidine rings is 1. The molecule has 0 radical (unpaired) electrons. The number of hydrogen-bond donors (Lipinski definition) is 1. The molecule has 1 aromatic heterocycles. The zero-order chi connectivity index (χ0) is 14.2. The summed E-state index contributed by atoms with van der Waals surface area (Å²) in [5.41, 5.74) is 0.642. The fraction of sp³-hybridized carbons (Fsp3) is 0.636. The molecule has 0 aromatic carbocycles. The van der Waals surface area contributed by atoms with Crippen LogP contribution in [0.5, 0.6) is 0 Å². The van der Waals surface area contributed by atoms with Crippen molar-refractivity contribution in [1.82, 2.24) is 13.9 Å². The van der Waals surface area contributed by atoms with Gasteiger partial charge in [0.2, 0.25) is 0 Å². The molecule has 7 nitrogen and oxygen atoms in total. The molecule has 0 spiro atoms. The van der Waals surface area contributed by atoms with Gasteiger partial charge in [0.05, 0.1) is 5.71 Å². The van der Waals surface area contributed by atoms with E-state index in [1.807, 2.05) is 6.92 Å². The smallest absolute Gasteiger partial charge is 0.262 e. The minimum Gasteiger partial charge on any atom is -0.411 e. The quantitative estimate of drug-likeness (QED) is 0.636. The molecule has 0 saturated carbocycles. The molecule has 1 atom stereocenters. The summed E-state index contributed by atoms with van der Waals surface area (Å²) in [4.78, 5) is 4.08. The minimum absolute atomic E-state index is 0.0732. The Bertz CT molecular complexity index is 586. The number of imidazole rings is 1. The molecular formula is C11H18N4O3S. The summed E-state index contributed by atoms with van der Waals surface area (Å²) in [5.74, 6) is 0.569. The molecule has 8 heteroatoms. The number of aryl methyl sites for hydroxylation is 2. The van der Waals surface area contributed by atoms with Crippen LogP contribution in [-0.4, -0.2) is 46.3 Å². The van der Waals surface area contributed by atoms with Crippen LogP contribution in [0.15, 0.2) is 16.4 Å². The molecule has 0 amide bonds. The number of sulfonamides is 1. The molecule has 106 valence electrons. The van der Waals surface area contributed by atoms with Gasteiger partial charge in [-0.3, -0.25) is 0 Å². The second-order valence-electron chi connectivity index (χ2n) is 4.84. The largest absolute Gasteiger partial charge is 0.411 e. The van der Waals surface area contributed by atoms with Crippen molar-refractivity contribution in [3.63, 3.8) is 0 Å². The van der Waals surface area contributed by atoms with Gasteiger partial charge in [0.25, 0.3) is 10.0 Å². The molecule has 1 N–H and O–H groups in total. The standard InChI is InChI=1S/C11H18N4O3S/c1-8-6-15(5-4-10(8)13-16)19(17,18)11-7-14(3)9(2)12-11/h7-8,16H,4-6H2,1-3H3. The third-order valence-corrected chi connectivity index (χ3v) is 5.22. The molecule has 2 rings (SSSR count). The number of aromatic nitrogens is 2. The van der Waals surface area contributed by atoms with Gasteiger partial charge in [-0.05, 0) is 6.92 Å². The lowest BCUT2D eigenvalue weighted by Gasteiger charge is -2.29. The van der Waals surface area contributed by atoms with Gasteiger partial charge < -0.3 is 9.77 Å². The van der Waals surface area contributed by atoms with E-state index in [-0.39, 0.29) is 10.9 Å². The zero-order valence-electron chi connectivity index (χ0n) is 11.2. The SMILES string of the molecule is Cc1nc(S(=O)(=O)N2CCC(=NO)C(C)C2)cn1C. The highest BCUT2D eigenvalue weighted by Crippen LogP contribution is 2.21. The molecule has 1 aromatic rings. The topological polar surface area (TPSA) is 87.8 Å². The highest BCUT2D eigenvalue weighted by molar-refractivity contribution is 7.89. The van der Waals surface area contributed by atoms with Crippen molar-refractivity contribution in [2.45, 2.75) is 25.3 Å². The second-order valence-corrected chi connectivity index (χ2v) is 6.73. The lowest BCUT2D eigenvalue weighted by molar-refractivity contribution is 0.300. The van der Waals surface area contributed by atoms with E-state index in [4.69, 9.17) is 5.21 Å². The van der Waals surface area contributed by atoms with Crippen LogP contribution in [0.25, 0.3) is 0 Å². The number of nitrogens with zero attached hydrogens (tertiary/aromatic N) is 4. The molecule has 0 bridgehead atoms. The van der Waals surface area contributed by atoms with Crippen LogP contribution in [0.4, 0.5) is 0 Å². The van der Waals surface area contributed by atoms with Crippen molar-refractivity contribution in [1.29, 1.82) is 0 Å². The lowest BCUT2D eigenvalue weighted by atomic mass is 10.00. The first-order valence-electron chi connectivity index (χ1n) is 6.07. The minimum atomic E-state index is -3.56. The molecule has 1 aliphatic heterocycles. The predicted octanol–water partition coefficient (Wildman–Crippen LogP) is 0.589. The van der Waals surface area contributed by atoms with E-state index in [9.17, 15) is 8.42 Å². The van der Waals surface area contributed by atoms with Gasteiger partial charge in [-0.25, -0.2) is 13.4 Å². The average molecular weight is 286 g/mol. The Balaban J connectivity index is 2.26. The lowest BCUT2D eigenvalue weighted by Crippen LogP contribution is -2.43. The van der Waals surface area contributed by atoms with Gasteiger partial charge in [0.1, 0.15) is 5.82 Å². The van der Waals surface area contributed by atoms with Crippen molar-refractivity contribution < 1.29 is 13.6 Å². The van der Waals surface area contributed by atoms with E-state index in [1.165, 1.54) is 10.5 Å². The first-order valence-corrected chi connectivity index (χ1v) is 7.51. The summed E-state index contributed by atoms with van der Waals surface area (Å²) in [6.45, 7) is 4.24. The van der Waals surface area contributed by atoms with Gasteiger partial charge in [0, 0.05) is 38.7 Å². The van der Waals surface area contributed by atoms with Crippen LogP contribution >= 0.6 is 0 Å². The Morgan fingerprint density at radius 2 is 2.21 bits per heavy atom. The Morgan fingerprint density at radius 1 is 1.53 bits per heavy atom. The van der Waals surface area contributed by atoms with Crippen LogP contribution in [0.2, 0.25) is 0 Å². The fourth-order valence-corrected chi connectivity index (χ4v) is 3.69. The summed E-state index contributed by atoms with van der Waals surface area (Å²) in [5, 5.41) is 12.1. The first kappa shape index (κ1) is 14.0. The Hall–Kier alpha value is -1.41. The molecule has 1 saturated heterocycles. The summed E-state index contributed by atoms with van der Waals surface area (Å²) in [6.07, 6.45) is 1.97. The maximum atomic E-state index is 12.4. The highest BCUT2D eigenvalue weighted by Gasteiger charge is 2.33. The number of rotatable bonds is 2. The van der Waals surface area contributed by atoms with E-state index in [1.54, 1.807) is 18.5 Å². The van der Waals surface area contributed by atoms with Crippen LogP contribution in [-0.2, 0) is 17.1 Å². The van der Waals surface area contributed by atoms with E-state index in [0.29, 0.717) is 31.0 Å². The van der Waals surface area contributed by atoms with Gasteiger partial charge in [-0.2, -0.15) is 4.31 Å². The van der Waals surface area contributed by atoms with Crippen molar-refractivity contribution in [2.75, 3.05) is 13.1 Å². The van der Waals surface area contributed by atoms with E-state index < -0.39 is 10.0 Å². The van der Waals surface area contributed by atoms with Crippen molar-refractivity contribution in [2.24, 2.45) is 18.1 Å². The zero-order valence-corrected chi connectivity index (χ0v) is 12.1. The fourth-order valence-electron chi connectivity index (χ4n) is 2.14. The predicted molar refractivity (Wildman–Crippen MR) is 69.7 cm³/mol. The Labute approximate surface area is 112 Å². The maximum absolute atomic E-state index is 12.4. The maximum Gasteiger partial charge on any atom is 0.262 e. The summed E-state index contributed by atoms with van der Waals surface area (Å²) in [6, 6.07) is 0. The van der Waals surface area contributed by atoms with Crippen molar-refractivity contribution >= 4 is 15.7 Å². The van der Waals surface area contributed by atoms with Crippen LogP contribution in [0, 0.1) is 12.8 Å². The Morgan fingerprint density at radius 3 is 2.68 bits per heavy atom. The highest BCUT2D eigenvalue weighted by atomic mass is 32.2. The van der Waals surface area contributed by atoms with E-state index >= 15 is 0 Å². The van der Waals surface area contributed by atoms with Gasteiger partial charge in [-0.15, -0.1) is 0 Å². The third-order valence-electron chi connectivity index (χ3n) is 3.48. The monoisotopic (exact) mass is 286 g/mol. The molecule has 1 aliphatic rings. The summed E-state index contributed by atoms with van der Waals surface area (Å²) >= 11 is 0. The van der Waals surface area contributed by atoms with Gasteiger partial charge >= 0.3 is 0 Å². The van der Waals surface area contributed by atoms with Crippen LogP contribution in [0.1, 0.15) is 19.2 Å². The van der Waals surface area contributed by atoms with E-state index in [0.717, 1.165) is 0 Å². The molecule has 0 aliphatic carbocycles. The van der Waals surface area contributed by atoms with E-state index in [2.05, 4.69) is 10.1 Å². The normalized spacial score (nSPS) is 23.9.